The van der Waals surface area contributed by atoms with Crippen molar-refractivity contribution in [3.63, 3.8) is 0 Å². The summed E-state index contributed by atoms with van der Waals surface area (Å²) >= 11 is 5.75. The molecule has 0 bridgehead atoms. The number of likely N-dealkylation sites (tertiary alicyclic amines) is 1. The Morgan fingerprint density at radius 3 is 2.65 bits per heavy atom. The largest absolute Gasteiger partial charge is 0.396 e. The van der Waals surface area contributed by atoms with E-state index in [0.717, 1.165) is 19.3 Å². The van der Waals surface area contributed by atoms with E-state index in [1.54, 1.807) is 4.90 Å². The summed E-state index contributed by atoms with van der Waals surface area (Å²) in [6.45, 7) is 3.27. The molecule has 2 amide bonds. The van der Waals surface area contributed by atoms with Crippen molar-refractivity contribution in [3.8, 4) is 0 Å². The average Bonchev–Trinajstić information content (AvgIpc) is 2.56. The van der Waals surface area contributed by atoms with Crippen molar-refractivity contribution in [3.05, 3.63) is 33.3 Å². The summed E-state index contributed by atoms with van der Waals surface area (Å²) in [4.78, 5) is 24.2. The maximum Gasteiger partial charge on any atom is 0.321 e. The molecule has 2 N–H and O–H groups in total. The Kier molecular flexibility index (Phi) is 5.43. The van der Waals surface area contributed by atoms with Crippen LogP contribution in [-0.2, 0) is 0 Å². The van der Waals surface area contributed by atoms with Crippen LogP contribution in [0.2, 0.25) is 5.02 Å². The fraction of sp³-hybridized carbons (Fsp3) is 0.533. The summed E-state index contributed by atoms with van der Waals surface area (Å²) in [6, 6.07) is 3.86. The first kappa shape index (κ1) is 17.5. The van der Waals surface area contributed by atoms with E-state index in [1.165, 1.54) is 18.2 Å². The van der Waals surface area contributed by atoms with Crippen LogP contribution < -0.4 is 5.32 Å². The van der Waals surface area contributed by atoms with Crippen LogP contribution in [0.25, 0.3) is 0 Å². The summed E-state index contributed by atoms with van der Waals surface area (Å²) < 4.78 is 0. The predicted molar refractivity (Wildman–Crippen MR) is 87.7 cm³/mol. The second kappa shape index (κ2) is 7.14. The molecule has 1 aliphatic heterocycles. The van der Waals surface area contributed by atoms with Gasteiger partial charge in [-0.05, 0) is 36.8 Å². The molecule has 126 valence electrons. The lowest BCUT2D eigenvalue weighted by atomic mass is 9.77. The molecule has 1 aromatic rings. The molecule has 0 radical (unpaired) electrons. The lowest BCUT2D eigenvalue weighted by Crippen LogP contribution is -2.46. The van der Waals surface area contributed by atoms with Crippen molar-refractivity contribution in [2.75, 3.05) is 25.0 Å². The number of halogens is 1. The second-order valence-electron chi connectivity index (χ2n) is 5.85. The number of rotatable bonds is 4. The average molecular weight is 342 g/mol. The normalized spacial score (nSPS) is 16.9. The molecule has 0 aliphatic carbocycles. The Hall–Kier alpha value is -1.86. The van der Waals surface area contributed by atoms with Gasteiger partial charge in [0.25, 0.3) is 5.69 Å². The Morgan fingerprint density at radius 1 is 1.48 bits per heavy atom. The first-order valence-electron chi connectivity index (χ1n) is 7.51. The minimum absolute atomic E-state index is 0.0293. The Bertz CT molecular complexity index is 594. The van der Waals surface area contributed by atoms with Crippen LogP contribution in [0.4, 0.5) is 16.2 Å². The van der Waals surface area contributed by atoms with E-state index in [2.05, 4.69) is 5.32 Å². The zero-order valence-electron chi connectivity index (χ0n) is 12.9. The van der Waals surface area contributed by atoms with Gasteiger partial charge in [0.2, 0.25) is 0 Å². The quantitative estimate of drug-likeness (QED) is 0.649. The van der Waals surface area contributed by atoms with Gasteiger partial charge in [-0.3, -0.25) is 10.1 Å². The molecule has 2 rings (SSSR count). The number of nitrogens with zero attached hydrogens (tertiary/aromatic N) is 2. The van der Waals surface area contributed by atoms with Crippen molar-refractivity contribution < 1.29 is 14.8 Å². The van der Waals surface area contributed by atoms with E-state index in [-0.39, 0.29) is 28.8 Å². The number of carbonyl (C=O) groups is 1. The lowest BCUT2D eigenvalue weighted by Gasteiger charge is -2.40. The predicted octanol–water partition coefficient (Wildman–Crippen LogP) is 3.26. The van der Waals surface area contributed by atoms with E-state index in [4.69, 9.17) is 11.6 Å². The zero-order chi connectivity index (χ0) is 17.0. The van der Waals surface area contributed by atoms with Crippen LogP contribution in [0, 0.1) is 15.5 Å². The standard InChI is InChI=1S/C15H20ClN3O4/c1-2-15(10-20)5-7-18(8-6-15)14(21)17-11-3-4-12(16)13(9-11)19(22)23/h3-4,9,20H,2,5-8,10H2,1H3,(H,17,21). The number of hydrogen-bond acceptors (Lipinski definition) is 4. The molecule has 0 spiro atoms. The minimum atomic E-state index is -0.588. The third kappa shape index (κ3) is 3.92. The van der Waals surface area contributed by atoms with Crippen LogP contribution in [0.15, 0.2) is 18.2 Å². The van der Waals surface area contributed by atoms with E-state index >= 15 is 0 Å². The van der Waals surface area contributed by atoms with E-state index < -0.39 is 4.92 Å². The van der Waals surface area contributed by atoms with Crippen LogP contribution >= 0.6 is 11.6 Å². The number of anilines is 1. The maximum atomic E-state index is 12.3. The molecule has 0 atom stereocenters. The molecule has 8 heteroatoms. The van der Waals surface area contributed by atoms with Gasteiger partial charge in [-0.1, -0.05) is 18.5 Å². The van der Waals surface area contributed by atoms with Gasteiger partial charge in [0.1, 0.15) is 5.02 Å². The summed E-state index contributed by atoms with van der Waals surface area (Å²) in [6.07, 6.45) is 2.37. The molecular weight excluding hydrogens is 322 g/mol. The highest BCUT2D eigenvalue weighted by molar-refractivity contribution is 6.32. The highest BCUT2D eigenvalue weighted by Crippen LogP contribution is 2.34. The minimum Gasteiger partial charge on any atom is -0.396 e. The number of hydrogen-bond donors (Lipinski definition) is 2. The van der Waals surface area contributed by atoms with Crippen molar-refractivity contribution in [1.82, 2.24) is 4.90 Å². The van der Waals surface area contributed by atoms with E-state index in [1.807, 2.05) is 6.92 Å². The number of amides is 2. The third-order valence-corrected chi connectivity index (χ3v) is 4.91. The monoisotopic (exact) mass is 341 g/mol. The molecule has 0 aromatic heterocycles. The number of nitro groups is 1. The number of carbonyl (C=O) groups excluding carboxylic acids is 1. The number of benzene rings is 1. The topological polar surface area (TPSA) is 95.7 Å². The molecular formula is C15H20ClN3O4. The SMILES string of the molecule is CCC1(CO)CCN(C(=O)Nc2ccc(Cl)c([N+](=O)[O-])c2)CC1. The molecule has 1 saturated heterocycles. The number of nitro benzene ring substituents is 1. The molecule has 1 aromatic carbocycles. The molecule has 1 fully saturated rings. The number of aliphatic hydroxyl groups excluding tert-OH is 1. The van der Waals surface area contributed by atoms with Crippen LogP contribution in [0.1, 0.15) is 26.2 Å². The number of piperidine rings is 1. The number of nitrogens with one attached hydrogen (secondary N) is 1. The van der Waals surface area contributed by atoms with E-state index in [9.17, 15) is 20.0 Å². The van der Waals surface area contributed by atoms with Gasteiger partial charge in [-0.25, -0.2) is 4.79 Å². The van der Waals surface area contributed by atoms with Crippen molar-refractivity contribution in [2.24, 2.45) is 5.41 Å². The maximum absolute atomic E-state index is 12.3. The molecule has 0 saturated carbocycles. The third-order valence-electron chi connectivity index (χ3n) is 4.59. The fourth-order valence-corrected chi connectivity index (χ4v) is 2.93. The molecule has 23 heavy (non-hydrogen) atoms. The lowest BCUT2D eigenvalue weighted by molar-refractivity contribution is -0.384. The first-order valence-corrected chi connectivity index (χ1v) is 7.89. The van der Waals surface area contributed by atoms with Gasteiger partial charge in [0, 0.05) is 31.5 Å². The van der Waals surface area contributed by atoms with Crippen LogP contribution in [0.5, 0.6) is 0 Å². The van der Waals surface area contributed by atoms with Crippen LogP contribution in [0.3, 0.4) is 0 Å². The highest BCUT2D eigenvalue weighted by atomic mass is 35.5. The van der Waals surface area contributed by atoms with Crippen molar-refractivity contribution in [1.29, 1.82) is 0 Å². The van der Waals surface area contributed by atoms with Gasteiger partial charge in [0.15, 0.2) is 0 Å². The van der Waals surface area contributed by atoms with Gasteiger partial charge in [0.05, 0.1) is 4.92 Å². The summed E-state index contributed by atoms with van der Waals surface area (Å²) in [5.41, 5.74) is -0.00970. The molecule has 1 heterocycles. The van der Waals surface area contributed by atoms with Gasteiger partial charge in [-0.15, -0.1) is 0 Å². The molecule has 1 aliphatic rings. The summed E-state index contributed by atoms with van der Waals surface area (Å²) in [5, 5.41) is 23.1. The first-order chi connectivity index (χ1) is 10.9. The van der Waals surface area contributed by atoms with Gasteiger partial charge < -0.3 is 15.3 Å². The summed E-state index contributed by atoms with van der Waals surface area (Å²) in [7, 11) is 0. The zero-order valence-corrected chi connectivity index (χ0v) is 13.7. The van der Waals surface area contributed by atoms with E-state index in [0.29, 0.717) is 18.8 Å². The second-order valence-corrected chi connectivity index (χ2v) is 6.26. The fourth-order valence-electron chi connectivity index (χ4n) is 2.74. The Morgan fingerprint density at radius 2 is 2.13 bits per heavy atom. The Balaban J connectivity index is 2.01. The van der Waals surface area contributed by atoms with Gasteiger partial charge >= 0.3 is 6.03 Å². The van der Waals surface area contributed by atoms with Crippen LogP contribution in [-0.4, -0.2) is 40.7 Å². The summed E-state index contributed by atoms with van der Waals surface area (Å²) in [5.74, 6) is 0. The molecule has 0 unspecified atom stereocenters. The highest BCUT2D eigenvalue weighted by Gasteiger charge is 2.33. The Labute approximate surface area is 139 Å². The molecule has 7 nitrogen and oxygen atoms in total. The number of aliphatic hydroxyl groups is 1. The number of urea groups is 1. The van der Waals surface area contributed by atoms with Gasteiger partial charge in [-0.2, -0.15) is 0 Å². The smallest absolute Gasteiger partial charge is 0.321 e. The van der Waals surface area contributed by atoms with Crippen molar-refractivity contribution >= 4 is 29.0 Å². The van der Waals surface area contributed by atoms with Crippen molar-refractivity contribution in [2.45, 2.75) is 26.2 Å².